The first-order valence-corrected chi connectivity index (χ1v) is 37.2. The molecule has 0 fully saturated rings. The quantitative estimate of drug-likeness (QED) is 0.0340. The second-order valence-corrected chi connectivity index (χ2v) is 27.9. The summed E-state index contributed by atoms with van der Waals surface area (Å²) in [5, 5.41) is 27.3. The fourth-order valence-corrected chi connectivity index (χ4v) is 13.9. The van der Waals surface area contributed by atoms with Crippen molar-refractivity contribution >= 4 is 145 Å². The fourth-order valence-electron chi connectivity index (χ4n) is 13.5. The van der Waals surface area contributed by atoms with Crippen LogP contribution in [0.5, 0.6) is 0 Å². The summed E-state index contributed by atoms with van der Waals surface area (Å²) in [5.74, 6) is 4.47. The van der Waals surface area contributed by atoms with Gasteiger partial charge in [-0.2, -0.15) is 0 Å². The maximum atomic E-state index is 10.8. The zero-order chi connectivity index (χ0) is 76.9. The van der Waals surface area contributed by atoms with Crippen LogP contribution in [-0.4, -0.2) is 9.85 Å². The van der Waals surface area contributed by atoms with Gasteiger partial charge in [0.25, 0.3) is 11.4 Å². The number of nitrogens with two attached hydrogens (primary N) is 2. The zero-order valence-electron chi connectivity index (χ0n) is 60.4. The maximum absolute atomic E-state index is 10.8. The number of halogens is 1. The molecule has 0 aliphatic carbocycles. The van der Waals surface area contributed by atoms with E-state index < -0.39 is 9.85 Å². The minimum absolute atomic E-state index is 0. The van der Waals surface area contributed by atoms with Crippen LogP contribution in [-0.2, 0) is 20.4 Å². The topological polar surface area (TPSA) is 224 Å². The third-order valence-electron chi connectivity index (χ3n) is 19.2. The van der Waals surface area contributed by atoms with Crippen molar-refractivity contribution in [1.29, 1.82) is 0 Å². The van der Waals surface area contributed by atoms with Gasteiger partial charge in [-0.1, -0.05) is 91.0 Å². The van der Waals surface area contributed by atoms with Crippen molar-refractivity contribution in [2.24, 2.45) is 0 Å². The van der Waals surface area contributed by atoms with Gasteiger partial charge in [0.15, 0.2) is 0 Å². The molecule has 6 aromatic heterocycles. The summed E-state index contributed by atoms with van der Waals surface area (Å²) in [5.41, 5.74) is 29.7. The molecule has 0 unspecified atom stereocenters. The number of hydrogen-bond acceptors (Lipinski definition) is 14. The zero-order valence-corrected chi connectivity index (χ0v) is 64.2. The number of para-hydroxylation sites is 4. The number of nitro benzene ring substituents is 2. The van der Waals surface area contributed by atoms with E-state index in [4.69, 9.17) is 38.0 Å². The molecule has 0 aliphatic rings. The number of benzene rings is 14. The summed E-state index contributed by atoms with van der Waals surface area (Å²) in [6.45, 7) is 0. The van der Waals surface area contributed by atoms with Crippen molar-refractivity contribution in [2.75, 3.05) is 21.3 Å². The Morgan fingerprint density at radius 1 is 0.246 bits per heavy atom. The average Bonchev–Trinajstić information content (AvgIpc) is 1.64. The Morgan fingerprint density at radius 3 is 0.623 bits per heavy atom. The summed E-state index contributed by atoms with van der Waals surface area (Å²) in [4.78, 5) is 25.2. The molecular weight excluding hydrogens is 1630 g/mol. The molecule has 20 aromatic rings. The Labute approximate surface area is 680 Å². The van der Waals surface area contributed by atoms with Crippen molar-refractivity contribution < 1.29 is 56.8 Å². The van der Waals surface area contributed by atoms with E-state index in [2.05, 4.69) is 214 Å². The Morgan fingerprint density at radius 2 is 0.430 bits per heavy atom. The summed E-state index contributed by atoms with van der Waals surface area (Å²) in [6.07, 6.45) is 0. The Bertz CT molecular complexity index is 6130. The monoisotopic (exact) mass is 1690 g/mol. The number of furan rings is 6. The first kappa shape index (κ1) is 73.8. The Balaban J connectivity index is 0.000000130. The van der Waals surface area contributed by atoms with Crippen LogP contribution in [0.15, 0.2) is 397 Å². The van der Waals surface area contributed by atoms with Crippen LogP contribution < -0.4 is 21.3 Å². The van der Waals surface area contributed by atoms with E-state index in [0.717, 1.165) is 157 Å². The molecule has 0 aliphatic heterocycles. The SMILES string of the molecule is Ic1ccccc1.Nc1ccc(-c2cc3cc4oc(-c5ccc(N)cc5)cc4cc3o2)cc1.O=[N+]([O-])c1ccc(-c2cc3cc4oc(-c5ccc([N+](=O)[O-])cc5)cc4cc3o2)cc1.[Pd].c1ccc(N(c2ccccc2)c2ccc(-c3cc4cc5oc(-c6ccc(N(c7ccccc7)c7ccccc7)cc6)cc5cc4o3)cc2)cc1. The number of nitrogens with zero attached hydrogens (tertiary/aromatic N) is 4. The number of rotatable bonds is 14. The molecule has 14 aromatic carbocycles. The summed E-state index contributed by atoms with van der Waals surface area (Å²) < 4.78 is 38.0. The van der Waals surface area contributed by atoms with Crippen LogP contribution >= 0.6 is 22.6 Å². The van der Waals surface area contributed by atoms with Gasteiger partial charge >= 0.3 is 0 Å². The van der Waals surface area contributed by atoms with E-state index in [9.17, 15) is 20.2 Å². The molecule has 6 heterocycles. The molecule has 0 bridgehead atoms. The normalized spacial score (nSPS) is 11.0. The second-order valence-electron chi connectivity index (χ2n) is 26.7. The van der Waals surface area contributed by atoms with Gasteiger partial charge < -0.3 is 47.8 Å². The molecule has 0 radical (unpaired) electrons. The molecule has 0 spiro atoms. The standard InChI is InChI=1S/C46H32N2O2.C22H12N2O6.C22H16N2O2.C6H5I.Pd/c1-5-13-37(14-6-1)47(38-15-7-2-8-16-38)41-25-21-33(22-26-41)43-29-35-31-46-36(32-45(35)49-43)30-44(50-46)34-23-27-42(28-24-34)48(39-17-9-3-10-18-39)40-19-11-4-12-20-40;25-23(26)17-5-1-13(2-6-17)19-9-15-11-22-16(12-21(15)29-19)10-20(30-22)14-3-7-18(8-4-14)24(27)28;23-17-5-1-13(2-6-17)19-9-15-11-22-16(12-21(15)25-19)10-20(26-22)14-3-7-18(24)8-4-14;7-6-4-2-1-3-5-6;/h1-32H;1-12H;1-12H,23-24H2;1-5H;. The molecule has 0 saturated carbocycles. The first-order valence-electron chi connectivity index (χ1n) is 36.1. The molecule has 4 N–H and O–H groups in total. The summed E-state index contributed by atoms with van der Waals surface area (Å²) >= 11 is 2.28. The molecule has 556 valence electrons. The predicted molar refractivity (Wildman–Crippen MR) is 461 cm³/mol. The molecule has 16 nitrogen and oxygen atoms in total. The fraction of sp³-hybridized carbons (Fsp3) is 0. The van der Waals surface area contributed by atoms with Gasteiger partial charge in [-0.15, -0.1) is 0 Å². The minimum atomic E-state index is -0.445. The number of nitrogen functional groups attached to an aromatic ring is 2. The van der Waals surface area contributed by atoms with Crippen LogP contribution in [0.25, 0.3) is 134 Å². The van der Waals surface area contributed by atoms with E-state index >= 15 is 0 Å². The number of hydrogen-bond donors (Lipinski definition) is 2. The number of non-ortho nitro benzene ring substituents is 2. The van der Waals surface area contributed by atoms with Gasteiger partial charge in [-0.05, 0) is 277 Å². The summed E-state index contributed by atoms with van der Waals surface area (Å²) in [7, 11) is 0. The predicted octanol–water partition coefficient (Wildman–Crippen LogP) is 27.7. The minimum Gasteiger partial charge on any atom is -0.456 e. The average molecular weight is 1700 g/mol. The van der Waals surface area contributed by atoms with Crippen LogP contribution in [0.1, 0.15) is 0 Å². The molecule has 0 saturated heterocycles. The number of fused-ring (bicyclic) bond motifs is 6. The Hall–Kier alpha value is -14.3. The molecule has 114 heavy (non-hydrogen) atoms. The van der Waals surface area contributed by atoms with E-state index in [-0.39, 0.29) is 31.8 Å². The van der Waals surface area contributed by atoms with Crippen molar-refractivity contribution in [1.82, 2.24) is 0 Å². The molecule has 18 heteroatoms. The van der Waals surface area contributed by atoms with Crippen molar-refractivity contribution in [3.05, 3.63) is 394 Å². The van der Waals surface area contributed by atoms with Crippen LogP contribution in [0, 0.1) is 23.8 Å². The van der Waals surface area contributed by atoms with E-state index in [1.165, 1.54) is 27.8 Å². The summed E-state index contributed by atoms with van der Waals surface area (Å²) in [6, 6.07) is 120. The van der Waals surface area contributed by atoms with Gasteiger partial charge in [-0.3, -0.25) is 20.2 Å². The third-order valence-corrected chi connectivity index (χ3v) is 19.9. The van der Waals surface area contributed by atoms with Crippen LogP contribution in [0.3, 0.4) is 0 Å². The first-order chi connectivity index (χ1) is 55.3. The van der Waals surface area contributed by atoms with E-state index in [1.54, 1.807) is 24.3 Å². The Kier molecular flexibility index (Phi) is 21.2. The molecule has 0 amide bonds. The van der Waals surface area contributed by atoms with Crippen LogP contribution in [0.2, 0.25) is 0 Å². The number of anilines is 8. The van der Waals surface area contributed by atoms with Gasteiger partial charge in [0.1, 0.15) is 68.1 Å². The second kappa shape index (κ2) is 32.7. The largest absolute Gasteiger partial charge is 0.456 e. The van der Waals surface area contributed by atoms with Gasteiger partial charge in [-0.25, -0.2) is 0 Å². The van der Waals surface area contributed by atoms with Gasteiger partial charge in [0, 0.05) is 159 Å². The molecule has 0 atom stereocenters. The molecular formula is C96H65IN6O10Pd. The van der Waals surface area contributed by atoms with Crippen molar-refractivity contribution in [3.63, 3.8) is 0 Å². The van der Waals surface area contributed by atoms with Crippen molar-refractivity contribution in [3.8, 4) is 67.9 Å². The smallest absolute Gasteiger partial charge is 0.269 e. The maximum Gasteiger partial charge on any atom is 0.269 e. The van der Waals surface area contributed by atoms with Gasteiger partial charge in [0.2, 0.25) is 0 Å². The van der Waals surface area contributed by atoms with Crippen LogP contribution in [0.4, 0.5) is 56.9 Å². The van der Waals surface area contributed by atoms with Crippen molar-refractivity contribution in [2.45, 2.75) is 0 Å². The van der Waals surface area contributed by atoms with E-state index in [0.29, 0.717) is 22.7 Å². The third kappa shape index (κ3) is 16.2. The molecule has 20 rings (SSSR count). The number of nitro groups is 2. The van der Waals surface area contributed by atoms with E-state index in [1.807, 2.05) is 140 Å². The van der Waals surface area contributed by atoms with Gasteiger partial charge in [0.05, 0.1) is 9.85 Å².